The van der Waals surface area contributed by atoms with Gasteiger partial charge in [-0.25, -0.2) is 18.3 Å². The first-order chi connectivity index (χ1) is 16.5. The van der Waals surface area contributed by atoms with E-state index in [0.29, 0.717) is 15.7 Å². The van der Waals surface area contributed by atoms with Crippen molar-refractivity contribution in [2.45, 2.75) is 36.4 Å². The van der Waals surface area contributed by atoms with Crippen LogP contribution in [0, 0.1) is 0 Å². The number of benzene rings is 2. The van der Waals surface area contributed by atoms with Crippen LogP contribution < -0.4 is 4.90 Å². The fourth-order valence-electron chi connectivity index (χ4n) is 4.14. The summed E-state index contributed by atoms with van der Waals surface area (Å²) < 4.78 is 28.9. The van der Waals surface area contributed by atoms with E-state index in [2.05, 4.69) is 20.9 Å². The number of aromatic nitrogens is 2. The number of imidazole rings is 1. The molecule has 2 heterocycles. The van der Waals surface area contributed by atoms with Gasteiger partial charge in [0.1, 0.15) is 5.54 Å². The average molecular weight is 603 g/mol. The first-order valence-electron chi connectivity index (χ1n) is 10.6. The summed E-state index contributed by atoms with van der Waals surface area (Å²) in [6.07, 6.45) is 0.0625. The summed E-state index contributed by atoms with van der Waals surface area (Å²) in [5.41, 5.74) is -0.167. The molecule has 3 aromatic rings. The Morgan fingerprint density at radius 1 is 1.14 bits per heavy atom. The smallest absolute Gasteiger partial charge is 0.260 e. The fraction of sp³-hybridized carbons (Fsp3) is 0.304. The van der Waals surface area contributed by atoms with E-state index in [1.165, 1.54) is 21.7 Å². The molecule has 2 atom stereocenters. The van der Waals surface area contributed by atoms with Crippen LogP contribution >= 0.6 is 39.1 Å². The zero-order valence-corrected chi connectivity index (χ0v) is 22.4. The van der Waals surface area contributed by atoms with Crippen molar-refractivity contribution >= 4 is 66.5 Å². The van der Waals surface area contributed by atoms with Crippen LogP contribution in [0.15, 0.2) is 58.2 Å². The molecule has 12 heteroatoms. The average Bonchev–Trinajstić information content (AvgIpc) is 3.32. The summed E-state index contributed by atoms with van der Waals surface area (Å²) in [5, 5.41) is 19.2. The zero-order chi connectivity index (χ0) is 25.5. The highest BCUT2D eigenvalue weighted by Crippen LogP contribution is 2.44. The van der Waals surface area contributed by atoms with Crippen molar-refractivity contribution < 1.29 is 23.4 Å². The standard InChI is InChI=1S/C23H22BrCl2N3O5S/c1-23(11-14-2-4-15(24)5-3-14)21(32)28(18-9-16(25)8-17(26)10-18)22-27-12-20(29(22)23)35(33,34)7-6-19(31)13-30/h2-5,8-10,12,19,30-31H,6-7,11,13H2,1H3/t19-,23-/m1/s1. The van der Waals surface area contributed by atoms with Crippen LogP contribution in [0.4, 0.5) is 11.6 Å². The molecule has 2 N–H and O–H groups in total. The first-order valence-corrected chi connectivity index (χ1v) is 13.8. The number of nitrogens with zero attached hydrogens (tertiary/aromatic N) is 3. The van der Waals surface area contributed by atoms with Gasteiger partial charge in [-0.15, -0.1) is 0 Å². The van der Waals surface area contributed by atoms with E-state index in [9.17, 15) is 18.3 Å². The topological polar surface area (TPSA) is 113 Å². The molecule has 2 aromatic carbocycles. The molecule has 4 rings (SSSR count). The van der Waals surface area contributed by atoms with Gasteiger partial charge in [0, 0.05) is 20.9 Å². The van der Waals surface area contributed by atoms with Crippen molar-refractivity contribution in [3.05, 3.63) is 68.7 Å². The second-order valence-electron chi connectivity index (χ2n) is 8.52. The molecule has 35 heavy (non-hydrogen) atoms. The number of anilines is 2. The Morgan fingerprint density at radius 2 is 1.77 bits per heavy atom. The van der Waals surface area contributed by atoms with E-state index in [1.807, 2.05) is 24.3 Å². The highest BCUT2D eigenvalue weighted by atomic mass is 79.9. The molecule has 186 valence electrons. The lowest BCUT2D eigenvalue weighted by Crippen LogP contribution is -2.42. The molecule has 1 aromatic heterocycles. The lowest BCUT2D eigenvalue weighted by Gasteiger charge is -2.26. The molecule has 0 saturated carbocycles. The third-order valence-corrected chi connectivity index (χ3v) is 8.55. The van der Waals surface area contributed by atoms with Crippen LogP contribution in [0.2, 0.25) is 10.0 Å². The Labute approximate surface area is 221 Å². The Bertz CT molecular complexity index is 1360. The van der Waals surface area contributed by atoms with E-state index in [-0.39, 0.29) is 23.8 Å². The van der Waals surface area contributed by atoms with Gasteiger partial charge in [0.15, 0.2) is 14.9 Å². The minimum Gasteiger partial charge on any atom is -0.394 e. The van der Waals surface area contributed by atoms with Gasteiger partial charge in [0.2, 0.25) is 5.95 Å². The van der Waals surface area contributed by atoms with E-state index in [4.69, 9.17) is 28.3 Å². The van der Waals surface area contributed by atoms with Crippen LogP contribution in [-0.4, -0.2) is 52.6 Å². The molecule has 1 amide bonds. The number of aliphatic hydroxyl groups excluding tert-OH is 2. The number of halogens is 3. The van der Waals surface area contributed by atoms with Crippen LogP contribution in [0.1, 0.15) is 18.9 Å². The maximum Gasteiger partial charge on any atom is 0.260 e. The van der Waals surface area contributed by atoms with E-state index >= 15 is 0 Å². The Morgan fingerprint density at radius 3 is 2.37 bits per heavy atom. The summed E-state index contributed by atoms with van der Waals surface area (Å²) in [4.78, 5) is 19.6. The van der Waals surface area contributed by atoms with Gasteiger partial charge in [-0.1, -0.05) is 51.3 Å². The second-order valence-corrected chi connectivity index (χ2v) is 12.4. The quantitative estimate of drug-likeness (QED) is 0.401. The first kappa shape index (κ1) is 26.1. The monoisotopic (exact) mass is 601 g/mol. The second kappa shape index (κ2) is 9.84. The molecule has 1 aliphatic rings. The van der Waals surface area contributed by atoms with Crippen molar-refractivity contribution in [2.24, 2.45) is 0 Å². The van der Waals surface area contributed by atoms with Crippen molar-refractivity contribution in [3.8, 4) is 0 Å². The Hall–Kier alpha value is -1.95. The van der Waals surface area contributed by atoms with Crippen molar-refractivity contribution in [1.29, 1.82) is 0 Å². The summed E-state index contributed by atoms with van der Waals surface area (Å²) in [7, 11) is -3.97. The molecule has 0 bridgehead atoms. The number of amides is 1. The molecule has 0 radical (unpaired) electrons. The molecular formula is C23H22BrCl2N3O5S. The normalized spacial score (nSPS) is 18.7. The molecule has 8 nitrogen and oxygen atoms in total. The lowest BCUT2D eigenvalue weighted by atomic mass is 9.92. The largest absolute Gasteiger partial charge is 0.394 e. The highest BCUT2D eigenvalue weighted by molar-refractivity contribution is 9.10. The van der Waals surface area contributed by atoms with Gasteiger partial charge in [-0.3, -0.25) is 9.36 Å². The SMILES string of the molecule is C[C@@]1(Cc2ccc(Br)cc2)C(=O)N(c2cc(Cl)cc(Cl)c2)c2ncc(S(=O)(=O)CC[C@@H](O)CO)n21. The molecule has 0 unspecified atom stereocenters. The third-order valence-electron chi connectivity index (χ3n) is 5.88. The number of hydrogen-bond acceptors (Lipinski definition) is 6. The van der Waals surface area contributed by atoms with Crippen molar-refractivity contribution in [2.75, 3.05) is 17.3 Å². The van der Waals surface area contributed by atoms with Crippen LogP contribution in [0.3, 0.4) is 0 Å². The molecular weight excluding hydrogens is 581 g/mol. The lowest BCUT2D eigenvalue weighted by molar-refractivity contribution is -0.124. The van der Waals surface area contributed by atoms with Gasteiger partial charge in [0.25, 0.3) is 5.91 Å². The van der Waals surface area contributed by atoms with Crippen molar-refractivity contribution in [1.82, 2.24) is 9.55 Å². The van der Waals surface area contributed by atoms with Crippen LogP contribution in [0.5, 0.6) is 0 Å². The third kappa shape index (κ3) is 5.00. The predicted octanol–water partition coefficient (Wildman–Crippen LogP) is 4.11. The molecule has 0 fully saturated rings. The molecule has 0 saturated heterocycles. The zero-order valence-electron chi connectivity index (χ0n) is 18.5. The van der Waals surface area contributed by atoms with Gasteiger partial charge in [0.05, 0.1) is 30.3 Å². The number of sulfone groups is 1. The summed E-state index contributed by atoms with van der Waals surface area (Å²) in [6.45, 7) is 1.11. The number of carbonyl (C=O) groups excluding carboxylic acids is 1. The number of hydrogen-bond donors (Lipinski definition) is 2. The number of rotatable bonds is 8. The summed E-state index contributed by atoms with van der Waals surface area (Å²) >= 11 is 15.8. The van der Waals surface area contributed by atoms with E-state index in [1.54, 1.807) is 19.1 Å². The van der Waals surface area contributed by atoms with Gasteiger partial charge >= 0.3 is 0 Å². The van der Waals surface area contributed by atoms with E-state index in [0.717, 1.165) is 10.0 Å². The highest BCUT2D eigenvalue weighted by Gasteiger charge is 2.51. The number of aliphatic hydroxyl groups is 2. The van der Waals surface area contributed by atoms with E-state index < -0.39 is 39.7 Å². The molecule has 0 aliphatic carbocycles. The molecule has 1 aliphatic heterocycles. The van der Waals surface area contributed by atoms with Crippen molar-refractivity contribution in [3.63, 3.8) is 0 Å². The Balaban J connectivity index is 1.86. The van der Waals surface area contributed by atoms with Crippen LogP contribution in [0.25, 0.3) is 0 Å². The van der Waals surface area contributed by atoms with Gasteiger partial charge < -0.3 is 10.2 Å². The summed E-state index contributed by atoms with van der Waals surface area (Å²) in [6, 6.07) is 12.0. The Kier molecular flexibility index (Phi) is 7.34. The molecule has 0 spiro atoms. The van der Waals surface area contributed by atoms with Gasteiger partial charge in [-0.2, -0.15) is 0 Å². The maximum atomic E-state index is 13.9. The number of carbonyl (C=O) groups is 1. The summed E-state index contributed by atoms with van der Waals surface area (Å²) in [5.74, 6) is -0.700. The fourth-order valence-corrected chi connectivity index (χ4v) is 6.48. The van der Waals surface area contributed by atoms with Crippen LogP contribution in [-0.2, 0) is 26.6 Å². The minimum atomic E-state index is -3.97. The predicted molar refractivity (Wildman–Crippen MR) is 137 cm³/mol. The number of fused-ring (bicyclic) bond motifs is 1. The maximum absolute atomic E-state index is 13.9. The minimum absolute atomic E-state index is 0.120. The van der Waals surface area contributed by atoms with Gasteiger partial charge in [-0.05, 0) is 49.2 Å².